The topological polar surface area (TPSA) is 98.3 Å². The molecule has 0 aliphatic heterocycles. The van der Waals surface area contributed by atoms with Crippen LogP contribution in [0, 0.1) is 0 Å². The van der Waals surface area contributed by atoms with Gasteiger partial charge in [0.1, 0.15) is 28.4 Å². The summed E-state index contributed by atoms with van der Waals surface area (Å²) in [4.78, 5) is 29.1. The molecule has 2 aromatic carbocycles. The molecule has 1 N–H and O–H groups in total. The number of carbonyl (C=O) groups excluding carboxylic acids is 1. The summed E-state index contributed by atoms with van der Waals surface area (Å²) in [5.41, 5.74) is -0.0449. The first-order chi connectivity index (χ1) is 19.0. The van der Waals surface area contributed by atoms with E-state index in [1.165, 1.54) is 50.8 Å². The van der Waals surface area contributed by atoms with E-state index in [4.69, 9.17) is 13.9 Å². The summed E-state index contributed by atoms with van der Waals surface area (Å²) < 4.78 is 16.6. The Morgan fingerprint density at radius 3 is 2.23 bits per heavy atom. The van der Waals surface area contributed by atoms with Crippen molar-refractivity contribution in [2.24, 2.45) is 4.99 Å². The summed E-state index contributed by atoms with van der Waals surface area (Å²) in [7, 11) is 0. The van der Waals surface area contributed by atoms with Crippen LogP contribution in [-0.2, 0) is 4.79 Å². The van der Waals surface area contributed by atoms with E-state index in [2.05, 4.69) is 18.8 Å². The molecular weight excluding hydrogens is 494 g/mol. The molecule has 0 radical (unpaired) electrons. The highest BCUT2D eigenvalue weighted by atomic mass is 16.5. The number of aromatic hydroxyl groups is 1. The minimum atomic E-state index is -0.734. The number of aliphatic imine (C=N–C) groups is 1. The fourth-order valence-electron chi connectivity index (χ4n) is 4.25. The molecule has 1 heterocycles. The molecule has 7 heteroatoms. The minimum Gasteiger partial charge on any atom is -0.506 e. The van der Waals surface area contributed by atoms with Crippen molar-refractivity contribution in [2.75, 3.05) is 6.61 Å². The van der Waals surface area contributed by atoms with E-state index in [0.717, 1.165) is 37.9 Å². The van der Waals surface area contributed by atoms with E-state index >= 15 is 0 Å². The summed E-state index contributed by atoms with van der Waals surface area (Å²) in [6, 6.07) is 11.8. The van der Waals surface area contributed by atoms with Crippen molar-refractivity contribution in [1.82, 2.24) is 0 Å². The third-order valence-electron chi connectivity index (χ3n) is 6.55. The first kappa shape index (κ1) is 29.9. The quantitative estimate of drug-likeness (QED) is 0.0614. The van der Waals surface area contributed by atoms with Gasteiger partial charge in [-0.15, -0.1) is 0 Å². The zero-order chi connectivity index (χ0) is 27.9. The Balaban J connectivity index is 1.57. The number of rotatable bonds is 17. The molecule has 0 unspecified atom stereocenters. The molecule has 7 nitrogen and oxygen atoms in total. The lowest BCUT2D eigenvalue weighted by Gasteiger charge is -2.07. The Bertz CT molecular complexity index is 1260. The normalized spacial score (nSPS) is 11.3. The molecule has 0 aliphatic carbocycles. The molecule has 0 spiro atoms. The SMILES string of the molecule is CCCCCCCCCC(=O)Oc1ccc2c(O)c(C=Nc3ccc(OCCCCCC)cc3)c(=O)oc2c1. The van der Waals surface area contributed by atoms with E-state index in [0.29, 0.717) is 24.1 Å². The Morgan fingerprint density at radius 1 is 0.872 bits per heavy atom. The van der Waals surface area contributed by atoms with E-state index in [1.807, 2.05) is 12.1 Å². The fraction of sp³-hybridized carbons (Fsp3) is 0.469. The number of ether oxygens (including phenoxy) is 2. The van der Waals surface area contributed by atoms with Crippen LogP contribution in [0.15, 0.2) is 56.7 Å². The van der Waals surface area contributed by atoms with Crippen molar-refractivity contribution >= 4 is 28.8 Å². The van der Waals surface area contributed by atoms with Gasteiger partial charge in [0.05, 0.1) is 17.7 Å². The van der Waals surface area contributed by atoms with Gasteiger partial charge >= 0.3 is 11.6 Å². The van der Waals surface area contributed by atoms with Crippen molar-refractivity contribution in [2.45, 2.75) is 90.9 Å². The number of hydrogen-bond acceptors (Lipinski definition) is 7. The molecular formula is C32H41NO6. The molecule has 0 amide bonds. The molecule has 0 fully saturated rings. The van der Waals surface area contributed by atoms with Crippen molar-refractivity contribution in [1.29, 1.82) is 0 Å². The van der Waals surface area contributed by atoms with Gasteiger partial charge in [0, 0.05) is 18.7 Å². The van der Waals surface area contributed by atoms with Crippen molar-refractivity contribution < 1.29 is 23.8 Å². The van der Waals surface area contributed by atoms with Crippen molar-refractivity contribution in [3.05, 3.63) is 58.4 Å². The Kier molecular flexibility index (Phi) is 12.6. The van der Waals surface area contributed by atoms with Gasteiger partial charge in [-0.2, -0.15) is 0 Å². The molecule has 0 bridgehead atoms. The van der Waals surface area contributed by atoms with E-state index < -0.39 is 5.63 Å². The maximum Gasteiger partial charge on any atom is 0.348 e. The van der Waals surface area contributed by atoms with Gasteiger partial charge < -0.3 is 19.0 Å². The molecule has 210 valence electrons. The molecule has 0 aliphatic rings. The number of unbranched alkanes of at least 4 members (excludes halogenated alkanes) is 9. The smallest absolute Gasteiger partial charge is 0.348 e. The van der Waals surface area contributed by atoms with Gasteiger partial charge in [-0.1, -0.05) is 71.6 Å². The monoisotopic (exact) mass is 535 g/mol. The molecule has 0 saturated carbocycles. The first-order valence-electron chi connectivity index (χ1n) is 14.3. The van der Waals surface area contributed by atoms with Gasteiger partial charge in [-0.3, -0.25) is 9.79 Å². The molecule has 0 atom stereocenters. The summed E-state index contributed by atoms with van der Waals surface area (Å²) in [5, 5.41) is 11.1. The molecule has 0 saturated heterocycles. The van der Waals surface area contributed by atoms with Crippen molar-refractivity contribution in [3.63, 3.8) is 0 Å². The Morgan fingerprint density at radius 2 is 1.51 bits per heavy atom. The highest BCUT2D eigenvalue weighted by Gasteiger charge is 2.14. The second kappa shape index (κ2) is 16.4. The van der Waals surface area contributed by atoms with Crippen LogP contribution in [0.2, 0.25) is 0 Å². The van der Waals surface area contributed by atoms with Crippen LogP contribution in [0.1, 0.15) is 96.5 Å². The van der Waals surface area contributed by atoms with Crippen LogP contribution in [-0.4, -0.2) is 23.9 Å². The average Bonchev–Trinajstić information content (AvgIpc) is 2.93. The van der Waals surface area contributed by atoms with Gasteiger partial charge in [0.15, 0.2) is 0 Å². The Hall–Kier alpha value is -3.61. The maximum atomic E-state index is 12.6. The number of nitrogens with zero attached hydrogens (tertiary/aromatic N) is 1. The lowest BCUT2D eigenvalue weighted by Crippen LogP contribution is -2.09. The largest absolute Gasteiger partial charge is 0.506 e. The van der Waals surface area contributed by atoms with Crippen LogP contribution in [0.5, 0.6) is 17.2 Å². The van der Waals surface area contributed by atoms with E-state index in [9.17, 15) is 14.7 Å². The van der Waals surface area contributed by atoms with Gasteiger partial charge in [0.25, 0.3) is 0 Å². The molecule has 1 aromatic heterocycles. The number of esters is 1. The Labute approximate surface area is 230 Å². The van der Waals surface area contributed by atoms with Crippen LogP contribution in [0.25, 0.3) is 11.0 Å². The van der Waals surface area contributed by atoms with Crippen molar-refractivity contribution in [3.8, 4) is 17.2 Å². The molecule has 3 aromatic rings. The second-order valence-corrected chi connectivity index (χ2v) is 9.82. The number of benzene rings is 2. The molecule has 3 rings (SSSR count). The van der Waals surface area contributed by atoms with Gasteiger partial charge in [0.2, 0.25) is 0 Å². The summed E-state index contributed by atoms with van der Waals surface area (Å²) >= 11 is 0. The van der Waals surface area contributed by atoms with Crippen LogP contribution in [0.4, 0.5) is 5.69 Å². The lowest BCUT2D eigenvalue weighted by atomic mass is 10.1. The first-order valence-corrected chi connectivity index (χ1v) is 14.3. The van der Waals surface area contributed by atoms with Crippen LogP contribution < -0.4 is 15.1 Å². The zero-order valence-electron chi connectivity index (χ0n) is 23.2. The maximum absolute atomic E-state index is 12.6. The zero-order valence-corrected chi connectivity index (χ0v) is 23.2. The second-order valence-electron chi connectivity index (χ2n) is 9.82. The predicted molar refractivity (Wildman–Crippen MR) is 156 cm³/mol. The number of carbonyl (C=O) groups is 1. The predicted octanol–water partition coefficient (Wildman–Crippen LogP) is 8.25. The van der Waals surface area contributed by atoms with E-state index in [-0.39, 0.29) is 28.6 Å². The lowest BCUT2D eigenvalue weighted by molar-refractivity contribution is -0.134. The van der Waals surface area contributed by atoms with E-state index in [1.54, 1.807) is 24.3 Å². The van der Waals surface area contributed by atoms with Crippen LogP contribution in [0.3, 0.4) is 0 Å². The minimum absolute atomic E-state index is 0.0533. The summed E-state index contributed by atoms with van der Waals surface area (Å²) in [6.45, 7) is 5.04. The fourth-order valence-corrected chi connectivity index (χ4v) is 4.25. The molecule has 39 heavy (non-hydrogen) atoms. The summed E-state index contributed by atoms with van der Waals surface area (Å²) in [5.74, 6) is 0.466. The standard InChI is InChI=1S/C32H41NO6/c1-3-5-7-9-10-11-12-14-30(34)38-26-19-20-27-29(22-26)39-32(36)28(31(27)35)23-33-24-15-17-25(18-16-24)37-21-13-8-6-4-2/h15-20,22-23,35H,3-14,21H2,1-2H3. The van der Waals surface area contributed by atoms with Gasteiger partial charge in [-0.05, 0) is 49.2 Å². The number of hydrogen-bond donors (Lipinski definition) is 1. The highest BCUT2D eigenvalue weighted by Crippen LogP contribution is 2.29. The van der Waals surface area contributed by atoms with Crippen LogP contribution >= 0.6 is 0 Å². The average molecular weight is 536 g/mol. The third kappa shape index (κ3) is 9.89. The third-order valence-corrected chi connectivity index (χ3v) is 6.55. The van der Waals surface area contributed by atoms with Gasteiger partial charge in [-0.25, -0.2) is 4.79 Å². The highest BCUT2D eigenvalue weighted by molar-refractivity contribution is 5.94. The number of fused-ring (bicyclic) bond motifs is 1. The summed E-state index contributed by atoms with van der Waals surface area (Å²) in [6.07, 6.45) is 14.0.